The zero-order valence-corrected chi connectivity index (χ0v) is 12.6. The van der Waals surface area contributed by atoms with E-state index in [1.54, 1.807) is 0 Å². The highest BCUT2D eigenvalue weighted by Crippen LogP contribution is 2.20. The molecular formula is C14H11FN2O5S. The number of sulfonamides is 1. The first-order valence-electron chi connectivity index (χ1n) is 6.26. The molecule has 2 aromatic rings. The van der Waals surface area contributed by atoms with Gasteiger partial charge in [-0.15, -0.1) is 0 Å². The molecule has 0 bridgehead atoms. The van der Waals surface area contributed by atoms with Gasteiger partial charge in [0.1, 0.15) is 16.5 Å². The number of halogens is 1. The van der Waals surface area contributed by atoms with Crippen LogP contribution in [-0.4, -0.2) is 19.5 Å². The Morgan fingerprint density at radius 1 is 1.43 bits per heavy atom. The lowest BCUT2D eigenvalue weighted by Gasteiger charge is -2.07. The lowest BCUT2D eigenvalue weighted by atomic mass is 10.1. The summed E-state index contributed by atoms with van der Waals surface area (Å²) in [6.45, 7) is 0.911. The molecule has 0 aliphatic carbocycles. The molecule has 0 amide bonds. The summed E-state index contributed by atoms with van der Waals surface area (Å²) in [6.07, 6.45) is 0. The SMILES string of the molecule is Cc1oc(C(=O)O)cc1S(=O)(=O)NCc1cc(C#N)ccc1F. The van der Waals surface area contributed by atoms with Crippen LogP contribution in [0.15, 0.2) is 33.6 Å². The standard InChI is InChI=1S/C14H11FN2O5S/c1-8-13(5-12(22-8)14(18)19)23(20,21)17-7-10-4-9(6-16)2-3-11(10)15/h2-5,17H,7H2,1H3,(H,18,19). The summed E-state index contributed by atoms with van der Waals surface area (Å²) in [5.41, 5.74) is 0.181. The number of hydrogen-bond acceptors (Lipinski definition) is 5. The number of hydrogen-bond donors (Lipinski definition) is 2. The van der Waals surface area contributed by atoms with E-state index in [-0.39, 0.29) is 21.8 Å². The van der Waals surface area contributed by atoms with E-state index < -0.39 is 34.1 Å². The number of furan rings is 1. The van der Waals surface area contributed by atoms with Crippen molar-refractivity contribution in [1.82, 2.24) is 4.72 Å². The van der Waals surface area contributed by atoms with Gasteiger partial charge in [0, 0.05) is 18.2 Å². The van der Waals surface area contributed by atoms with Gasteiger partial charge in [0.05, 0.1) is 11.6 Å². The van der Waals surface area contributed by atoms with Crippen molar-refractivity contribution in [3.05, 3.63) is 52.7 Å². The second-order valence-corrected chi connectivity index (χ2v) is 6.31. The van der Waals surface area contributed by atoms with E-state index in [9.17, 15) is 17.6 Å². The number of aromatic carboxylic acids is 1. The van der Waals surface area contributed by atoms with Crippen molar-refractivity contribution in [3.8, 4) is 6.07 Å². The number of aryl methyl sites for hydroxylation is 1. The maximum absolute atomic E-state index is 13.6. The second-order valence-electron chi connectivity index (χ2n) is 4.58. The molecule has 9 heteroatoms. The minimum atomic E-state index is -4.09. The summed E-state index contributed by atoms with van der Waals surface area (Å²) in [7, 11) is -4.09. The maximum Gasteiger partial charge on any atom is 0.371 e. The molecule has 2 N–H and O–H groups in total. The monoisotopic (exact) mass is 338 g/mol. The van der Waals surface area contributed by atoms with E-state index >= 15 is 0 Å². The Balaban J connectivity index is 2.26. The predicted octanol–water partition coefficient (Wildman–Crippen LogP) is 1.78. The van der Waals surface area contributed by atoms with Gasteiger partial charge in [0.2, 0.25) is 15.8 Å². The molecule has 0 unspecified atom stereocenters. The molecule has 1 heterocycles. The highest BCUT2D eigenvalue weighted by atomic mass is 32.2. The van der Waals surface area contributed by atoms with E-state index in [1.165, 1.54) is 19.1 Å². The Morgan fingerprint density at radius 3 is 2.70 bits per heavy atom. The smallest absolute Gasteiger partial charge is 0.371 e. The van der Waals surface area contributed by atoms with Crippen LogP contribution in [-0.2, 0) is 16.6 Å². The summed E-state index contributed by atoms with van der Waals surface area (Å²) < 4.78 is 45.0. The summed E-state index contributed by atoms with van der Waals surface area (Å²) in [4.78, 5) is 10.5. The molecule has 0 fully saturated rings. The molecule has 1 aromatic heterocycles. The van der Waals surface area contributed by atoms with Crippen molar-refractivity contribution in [2.24, 2.45) is 0 Å². The lowest BCUT2D eigenvalue weighted by Crippen LogP contribution is -2.24. The van der Waals surface area contributed by atoms with E-state index in [4.69, 9.17) is 14.8 Å². The summed E-state index contributed by atoms with van der Waals surface area (Å²) in [5.74, 6) is -2.68. The third kappa shape index (κ3) is 3.56. The topological polar surface area (TPSA) is 120 Å². The van der Waals surface area contributed by atoms with Gasteiger partial charge >= 0.3 is 5.97 Å². The van der Waals surface area contributed by atoms with Crippen molar-refractivity contribution in [2.45, 2.75) is 18.4 Å². The van der Waals surface area contributed by atoms with Crippen molar-refractivity contribution < 1.29 is 27.1 Å². The van der Waals surface area contributed by atoms with E-state index in [1.807, 2.05) is 6.07 Å². The zero-order valence-electron chi connectivity index (χ0n) is 11.8. The number of nitriles is 1. The number of carboxylic acid groups (broad SMARTS) is 1. The number of rotatable bonds is 5. The molecule has 1 aromatic carbocycles. The summed E-state index contributed by atoms with van der Waals surface area (Å²) >= 11 is 0. The van der Waals surface area contributed by atoms with Crippen molar-refractivity contribution in [3.63, 3.8) is 0 Å². The van der Waals surface area contributed by atoms with E-state index in [2.05, 4.69) is 4.72 Å². The molecule has 0 aliphatic heterocycles. The minimum Gasteiger partial charge on any atom is -0.475 e. The quantitative estimate of drug-likeness (QED) is 0.857. The molecule has 0 aliphatic rings. The normalized spacial score (nSPS) is 11.2. The van der Waals surface area contributed by atoms with Crippen LogP contribution >= 0.6 is 0 Å². The van der Waals surface area contributed by atoms with Gasteiger partial charge in [-0.1, -0.05) is 0 Å². The van der Waals surface area contributed by atoms with Crippen LogP contribution in [0.4, 0.5) is 4.39 Å². The zero-order chi connectivity index (χ0) is 17.2. The fraction of sp³-hybridized carbons (Fsp3) is 0.143. The average Bonchev–Trinajstić information content (AvgIpc) is 2.89. The molecule has 7 nitrogen and oxygen atoms in total. The molecule has 0 saturated carbocycles. The van der Waals surface area contributed by atoms with Crippen LogP contribution in [0.5, 0.6) is 0 Å². The fourth-order valence-electron chi connectivity index (χ4n) is 1.87. The molecule has 0 atom stereocenters. The van der Waals surface area contributed by atoms with Gasteiger partial charge in [-0.3, -0.25) is 0 Å². The highest BCUT2D eigenvalue weighted by Gasteiger charge is 2.24. The van der Waals surface area contributed by atoms with Crippen LogP contribution < -0.4 is 4.72 Å². The van der Waals surface area contributed by atoms with Gasteiger partial charge in [-0.25, -0.2) is 22.3 Å². The van der Waals surface area contributed by atoms with Gasteiger partial charge < -0.3 is 9.52 Å². The molecule has 0 saturated heterocycles. The Hall–Kier alpha value is -2.70. The Morgan fingerprint density at radius 2 is 2.13 bits per heavy atom. The van der Waals surface area contributed by atoms with Gasteiger partial charge in [0.25, 0.3) is 0 Å². The first-order valence-corrected chi connectivity index (χ1v) is 7.75. The average molecular weight is 338 g/mol. The van der Waals surface area contributed by atoms with Crippen LogP contribution in [0.1, 0.15) is 27.4 Å². The Labute approximate surface area is 131 Å². The molecule has 120 valence electrons. The third-order valence-electron chi connectivity index (χ3n) is 3.00. The van der Waals surface area contributed by atoms with Gasteiger partial charge in [-0.2, -0.15) is 5.26 Å². The lowest BCUT2D eigenvalue weighted by molar-refractivity contribution is 0.0661. The van der Waals surface area contributed by atoms with E-state index in [0.29, 0.717) is 0 Å². The van der Waals surface area contributed by atoms with E-state index in [0.717, 1.165) is 12.1 Å². The highest BCUT2D eigenvalue weighted by molar-refractivity contribution is 7.89. The van der Waals surface area contributed by atoms with Crippen LogP contribution in [0.3, 0.4) is 0 Å². The summed E-state index contributed by atoms with van der Waals surface area (Å²) in [5, 5.41) is 17.6. The molecule has 0 radical (unpaired) electrons. The maximum atomic E-state index is 13.6. The number of nitrogens with zero attached hydrogens (tertiary/aromatic N) is 1. The largest absolute Gasteiger partial charge is 0.475 e. The van der Waals surface area contributed by atoms with Crippen molar-refractivity contribution in [2.75, 3.05) is 0 Å². The molecular weight excluding hydrogens is 327 g/mol. The predicted molar refractivity (Wildman–Crippen MR) is 75.5 cm³/mol. The van der Waals surface area contributed by atoms with Crippen LogP contribution in [0, 0.1) is 24.1 Å². The molecule has 23 heavy (non-hydrogen) atoms. The first kappa shape index (κ1) is 16.7. The Bertz CT molecular complexity index is 912. The summed E-state index contributed by atoms with van der Waals surface area (Å²) in [6, 6.07) is 6.26. The number of benzene rings is 1. The van der Waals surface area contributed by atoms with Gasteiger partial charge in [0.15, 0.2) is 0 Å². The Kier molecular flexibility index (Phi) is 4.49. The molecule has 0 spiro atoms. The van der Waals surface area contributed by atoms with Gasteiger partial charge in [-0.05, 0) is 25.1 Å². The minimum absolute atomic E-state index is 0.00719. The third-order valence-corrected chi connectivity index (χ3v) is 4.51. The van der Waals surface area contributed by atoms with Crippen molar-refractivity contribution >= 4 is 16.0 Å². The van der Waals surface area contributed by atoms with Crippen LogP contribution in [0.25, 0.3) is 0 Å². The number of carboxylic acids is 1. The number of carbonyl (C=O) groups is 1. The van der Waals surface area contributed by atoms with Crippen LogP contribution in [0.2, 0.25) is 0 Å². The second kappa shape index (κ2) is 6.20. The fourth-order valence-corrected chi connectivity index (χ4v) is 3.05. The molecule has 2 rings (SSSR count). The van der Waals surface area contributed by atoms with Crippen molar-refractivity contribution in [1.29, 1.82) is 5.26 Å². The first-order chi connectivity index (χ1) is 10.7. The number of nitrogens with one attached hydrogen (secondary N) is 1.